The molecular formula is C26H27ClN6O3S. The van der Waals surface area contributed by atoms with Gasteiger partial charge in [0.05, 0.1) is 21.4 Å². The SMILES string of the molecule is [2H]C([2H])([2H])OC1CCN(Cc2cnc(Cl)nc2Oc2ccc3c(ccc4sc5c(c43)NC[C@@H](C)NC5=O)n2)CC1. The number of ether oxygens (including phenoxy) is 2. The van der Waals surface area contributed by atoms with Crippen molar-refractivity contribution in [3.63, 3.8) is 0 Å². The predicted molar refractivity (Wildman–Crippen MR) is 145 cm³/mol. The molecule has 2 aliphatic heterocycles. The lowest BCUT2D eigenvalue weighted by molar-refractivity contribution is 0.0386. The van der Waals surface area contributed by atoms with Crippen molar-refractivity contribution in [2.75, 3.05) is 32.0 Å². The number of halogens is 1. The van der Waals surface area contributed by atoms with Crippen molar-refractivity contribution in [1.29, 1.82) is 0 Å². The Morgan fingerprint density at radius 2 is 2.11 bits per heavy atom. The third-order valence-electron chi connectivity index (χ3n) is 6.76. The summed E-state index contributed by atoms with van der Waals surface area (Å²) in [5.41, 5.74) is 2.30. The second-order valence-corrected chi connectivity index (χ2v) is 10.8. The molecule has 1 aromatic carbocycles. The van der Waals surface area contributed by atoms with Crippen LogP contribution in [0.1, 0.15) is 39.1 Å². The minimum atomic E-state index is -2.39. The molecule has 1 atom stereocenters. The smallest absolute Gasteiger partial charge is 0.263 e. The number of rotatable bonds is 5. The molecule has 5 heterocycles. The molecule has 192 valence electrons. The largest absolute Gasteiger partial charge is 0.420 e. The van der Waals surface area contributed by atoms with Gasteiger partial charge >= 0.3 is 0 Å². The Hall–Kier alpha value is -3.05. The molecule has 2 aliphatic rings. The van der Waals surface area contributed by atoms with Gasteiger partial charge in [0, 0.05) is 72.6 Å². The van der Waals surface area contributed by atoms with E-state index >= 15 is 0 Å². The van der Waals surface area contributed by atoms with Gasteiger partial charge in [-0.1, -0.05) is 0 Å². The molecule has 11 heteroatoms. The summed E-state index contributed by atoms with van der Waals surface area (Å²) in [5.74, 6) is 0.593. The zero-order chi connectivity index (χ0) is 28.0. The monoisotopic (exact) mass is 541 g/mol. The number of methoxy groups -OCH3 is 1. The number of piperidine rings is 1. The Balaban J connectivity index is 1.24. The van der Waals surface area contributed by atoms with E-state index in [2.05, 4.69) is 25.5 Å². The number of carbonyl (C=O) groups is 1. The Morgan fingerprint density at radius 1 is 1.24 bits per heavy atom. The Kier molecular flexibility index (Phi) is 5.67. The van der Waals surface area contributed by atoms with Crippen molar-refractivity contribution >= 4 is 55.5 Å². The van der Waals surface area contributed by atoms with Crippen molar-refractivity contribution in [3.8, 4) is 11.8 Å². The number of amides is 1. The molecular weight excluding hydrogens is 512 g/mol. The van der Waals surface area contributed by atoms with E-state index in [9.17, 15) is 4.79 Å². The van der Waals surface area contributed by atoms with Crippen LogP contribution in [0.25, 0.3) is 21.0 Å². The first-order valence-electron chi connectivity index (χ1n) is 13.6. The van der Waals surface area contributed by atoms with Crippen LogP contribution in [0.4, 0.5) is 5.69 Å². The summed E-state index contributed by atoms with van der Waals surface area (Å²) >= 11 is 7.57. The van der Waals surface area contributed by atoms with Crippen molar-refractivity contribution in [1.82, 2.24) is 25.2 Å². The van der Waals surface area contributed by atoms with Gasteiger partial charge in [-0.15, -0.1) is 11.3 Å². The van der Waals surface area contributed by atoms with E-state index in [0.29, 0.717) is 55.7 Å². The lowest BCUT2D eigenvalue weighted by atomic mass is 10.1. The van der Waals surface area contributed by atoms with E-state index in [1.807, 2.05) is 25.1 Å². The van der Waals surface area contributed by atoms with Gasteiger partial charge in [-0.25, -0.2) is 9.97 Å². The van der Waals surface area contributed by atoms with Crippen LogP contribution in [0.3, 0.4) is 0 Å². The van der Waals surface area contributed by atoms with Gasteiger partial charge < -0.3 is 20.1 Å². The Labute approximate surface area is 227 Å². The minimum absolute atomic E-state index is 0.0259. The van der Waals surface area contributed by atoms with Crippen molar-refractivity contribution in [2.45, 2.75) is 38.5 Å². The van der Waals surface area contributed by atoms with Crippen molar-refractivity contribution in [3.05, 3.63) is 46.2 Å². The van der Waals surface area contributed by atoms with Gasteiger partial charge in [-0.2, -0.15) is 4.98 Å². The standard InChI is InChI=1S/C26H27ClN6O3S/c1-14-11-28-22-21-17-3-6-20(31-18(17)4-5-19(21)37-23(22)24(34)30-14)36-25-15(12-29-26(27)32-25)13-33-9-7-16(35-2)8-10-33/h3-6,12,14,16,28H,7-11,13H2,1-2H3,(H,30,34)/t14-/m1/s1/i2D3. The molecule has 1 fully saturated rings. The fourth-order valence-electron chi connectivity index (χ4n) is 4.86. The fourth-order valence-corrected chi connectivity index (χ4v) is 6.08. The highest BCUT2D eigenvalue weighted by atomic mass is 35.5. The van der Waals surface area contributed by atoms with Crippen molar-refractivity contribution < 1.29 is 18.4 Å². The van der Waals surface area contributed by atoms with E-state index in [4.69, 9.17) is 30.2 Å². The highest BCUT2D eigenvalue weighted by Crippen LogP contribution is 2.41. The molecule has 9 nitrogen and oxygen atoms in total. The summed E-state index contributed by atoms with van der Waals surface area (Å²) in [6.45, 7) is 4.45. The summed E-state index contributed by atoms with van der Waals surface area (Å²) in [6, 6.07) is 7.64. The minimum Gasteiger partial charge on any atom is -0.420 e. The summed E-state index contributed by atoms with van der Waals surface area (Å²) in [4.78, 5) is 28.8. The molecule has 0 saturated carbocycles. The maximum absolute atomic E-state index is 12.7. The fraction of sp³-hybridized carbons (Fsp3) is 0.385. The molecule has 0 bridgehead atoms. The summed E-state index contributed by atoms with van der Waals surface area (Å²) in [5, 5.41) is 8.40. The third kappa shape index (κ3) is 4.82. The average Bonchev–Trinajstić information content (AvgIpc) is 3.22. The number of nitrogens with one attached hydrogen (secondary N) is 2. The molecule has 37 heavy (non-hydrogen) atoms. The van der Waals surface area contributed by atoms with E-state index < -0.39 is 7.04 Å². The summed E-state index contributed by atoms with van der Waals surface area (Å²) in [6.07, 6.45) is 2.58. The Bertz CT molecular complexity index is 1590. The van der Waals surface area contributed by atoms with Gasteiger partial charge in [-0.05, 0) is 49.6 Å². The van der Waals surface area contributed by atoms with Crippen molar-refractivity contribution in [2.24, 2.45) is 0 Å². The van der Waals surface area contributed by atoms with Gasteiger partial charge in [0.25, 0.3) is 5.91 Å². The second-order valence-electron chi connectivity index (χ2n) is 9.38. The predicted octanol–water partition coefficient (Wildman–Crippen LogP) is 4.84. The molecule has 4 aromatic rings. The molecule has 0 radical (unpaired) electrons. The van der Waals surface area contributed by atoms with Gasteiger partial charge in [-0.3, -0.25) is 9.69 Å². The number of pyridine rings is 1. The molecule has 3 aromatic heterocycles. The summed E-state index contributed by atoms with van der Waals surface area (Å²) in [7, 11) is -2.39. The molecule has 2 N–H and O–H groups in total. The van der Waals surface area contributed by atoms with E-state index in [1.165, 1.54) is 11.3 Å². The molecule has 0 spiro atoms. The number of thiophene rings is 1. The highest BCUT2D eigenvalue weighted by molar-refractivity contribution is 7.21. The molecule has 0 unspecified atom stereocenters. The number of hydrogen-bond donors (Lipinski definition) is 2. The quantitative estimate of drug-likeness (QED) is 0.346. The maximum Gasteiger partial charge on any atom is 0.263 e. The first-order valence-corrected chi connectivity index (χ1v) is 13.3. The number of nitrogens with zero attached hydrogens (tertiary/aromatic N) is 4. The number of fused-ring (bicyclic) bond motifs is 5. The van der Waals surface area contributed by atoms with Crippen LogP contribution in [-0.2, 0) is 11.3 Å². The number of hydrogen-bond acceptors (Lipinski definition) is 9. The van der Waals surface area contributed by atoms with Crippen LogP contribution < -0.4 is 15.4 Å². The molecule has 6 rings (SSSR count). The number of anilines is 1. The zero-order valence-corrected chi connectivity index (χ0v) is 21.7. The number of likely N-dealkylation sites (tertiary alicyclic amines) is 1. The van der Waals surface area contributed by atoms with E-state index in [1.54, 1.807) is 12.3 Å². The van der Waals surface area contributed by atoms with Crippen LogP contribution >= 0.6 is 22.9 Å². The number of benzene rings is 1. The van der Waals surface area contributed by atoms with E-state index in [-0.39, 0.29) is 23.3 Å². The van der Waals surface area contributed by atoms with Crippen LogP contribution in [0.15, 0.2) is 30.5 Å². The third-order valence-corrected chi connectivity index (χ3v) is 8.09. The maximum atomic E-state index is 12.7. The van der Waals surface area contributed by atoms with Crippen LogP contribution in [0, 0.1) is 0 Å². The van der Waals surface area contributed by atoms with Gasteiger partial charge in [0.15, 0.2) is 0 Å². The van der Waals surface area contributed by atoms with E-state index in [0.717, 1.165) is 32.2 Å². The lowest BCUT2D eigenvalue weighted by Gasteiger charge is -2.31. The van der Waals surface area contributed by atoms with Crippen LogP contribution in [-0.4, -0.2) is 64.6 Å². The van der Waals surface area contributed by atoms with Crippen LogP contribution in [0.5, 0.6) is 11.8 Å². The first kappa shape index (κ1) is 20.9. The number of aromatic nitrogens is 3. The van der Waals surface area contributed by atoms with Gasteiger partial charge in [0.2, 0.25) is 17.0 Å². The number of carbonyl (C=O) groups excluding carboxylic acids is 1. The highest BCUT2D eigenvalue weighted by Gasteiger charge is 2.25. The summed E-state index contributed by atoms with van der Waals surface area (Å²) < 4.78 is 34.3. The van der Waals surface area contributed by atoms with Gasteiger partial charge in [0.1, 0.15) is 4.88 Å². The molecule has 0 aliphatic carbocycles. The molecule has 1 saturated heterocycles. The lowest BCUT2D eigenvalue weighted by Crippen LogP contribution is -2.36. The average molecular weight is 542 g/mol. The van der Waals surface area contributed by atoms with Crippen LogP contribution in [0.2, 0.25) is 5.28 Å². The Morgan fingerprint density at radius 3 is 2.95 bits per heavy atom. The second kappa shape index (κ2) is 10.0. The topological polar surface area (TPSA) is 102 Å². The zero-order valence-electron chi connectivity index (χ0n) is 23.1. The first-order chi connectivity index (χ1) is 19.1. The normalized spacial score (nSPS) is 20.4. The molecule has 1 amide bonds.